The number of rotatable bonds is 4. The zero-order chi connectivity index (χ0) is 13.1. The van der Waals surface area contributed by atoms with Crippen LogP contribution >= 0.6 is 0 Å². The van der Waals surface area contributed by atoms with E-state index in [1.165, 1.54) is 19.3 Å². The van der Waals surface area contributed by atoms with E-state index in [0.29, 0.717) is 11.3 Å². The third-order valence-corrected chi connectivity index (χ3v) is 3.51. The van der Waals surface area contributed by atoms with Crippen molar-refractivity contribution in [3.63, 3.8) is 0 Å². The van der Waals surface area contributed by atoms with Crippen LogP contribution in [0.5, 0.6) is 0 Å². The smallest absolute Gasteiger partial charge is 0.253 e. The lowest BCUT2D eigenvalue weighted by atomic mass is 9.85. The number of carbonyl (C=O) groups excluding carboxylic acids is 1. The highest BCUT2D eigenvalue weighted by Crippen LogP contribution is 2.28. The molecule has 98 valence electrons. The van der Waals surface area contributed by atoms with E-state index in [-0.39, 0.29) is 5.91 Å². The lowest BCUT2D eigenvalue weighted by molar-refractivity contribution is 0.0827. The van der Waals surface area contributed by atoms with Gasteiger partial charge in [-0.2, -0.15) is 0 Å². The molecule has 2 rings (SSSR count). The SMILES string of the molecule is CN(C)C(=O)c1ccc(NCC2CCC2)c(N)c1. The zero-order valence-corrected chi connectivity index (χ0v) is 11.1. The average molecular weight is 247 g/mol. The summed E-state index contributed by atoms with van der Waals surface area (Å²) < 4.78 is 0. The number of hydrogen-bond acceptors (Lipinski definition) is 3. The van der Waals surface area contributed by atoms with Crippen LogP contribution in [0.2, 0.25) is 0 Å². The molecule has 1 fully saturated rings. The van der Waals surface area contributed by atoms with E-state index in [1.54, 1.807) is 25.1 Å². The molecule has 1 saturated carbocycles. The number of anilines is 2. The molecular weight excluding hydrogens is 226 g/mol. The van der Waals surface area contributed by atoms with Crippen LogP contribution in [0.4, 0.5) is 11.4 Å². The van der Waals surface area contributed by atoms with Crippen LogP contribution in [0, 0.1) is 5.92 Å². The first kappa shape index (κ1) is 12.7. The van der Waals surface area contributed by atoms with Gasteiger partial charge in [0, 0.05) is 26.2 Å². The molecule has 4 heteroatoms. The van der Waals surface area contributed by atoms with Crippen molar-refractivity contribution in [3.05, 3.63) is 23.8 Å². The molecule has 1 amide bonds. The highest BCUT2D eigenvalue weighted by molar-refractivity contribution is 5.95. The fourth-order valence-electron chi connectivity index (χ4n) is 2.07. The minimum atomic E-state index is -0.0211. The summed E-state index contributed by atoms with van der Waals surface area (Å²) in [5.41, 5.74) is 8.17. The van der Waals surface area contributed by atoms with Gasteiger partial charge in [0.25, 0.3) is 5.91 Å². The van der Waals surface area contributed by atoms with Gasteiger partial charge in [0.15, 0.2) is 0 Å². The minimum Gasteiger partial charge on any atom is -0.397 e. The van der Waals surface area contributed by atoms with Crippen LogP contribution in [-0.2, 0) is 0 Å². The molecule has 4 nitrogen and oxygen atoms in total. The fourth-order valence-corrected chi connectivity index (χ4v) is 2.07. The molecule has 1 aliphatic carbocycles. The first-order valence-electron chi connectivity index (χ1n) is 6.43. The monoisotopic (exact) mass is 247 g/mol. The topological polar surface area (TPSA) is 58.4 Å². The molecule has 0 saturated heterocycles. The number of carbonyl (C=O) groups is 1. The Labute approximate surface area is 108 Å². The Morgan fingerprint density at radius 3 is 2.67 bits per heavy atom. The number of nitrogens with one attached hydrogen (secondary N) is 1. The molecule has 0 radical (unpaired) electrons. The van der Waals surface area contributed by atoms with E-state index in [9.17, 15) is 4.79 Å². The van der Waals surface area contributed by atoms with E-state index in [1.807, 2.05) is 12.1 Å². The Hall–Kier alpha value is -1.71. The maximum atomic E-state index is 11.8. The van der Waals surface area contributed by atoms with Gasteiger partial charge in [-0.05, 0) is 37.0 Å². The van der Waals surface area contributed by atoms with Crippen LogP contribution in [0.1, 0.15) is 29.6 Å². The van der Waals surface area contributed by atoms with Crippen molar-refractivity contribution < 1.29 is 4.79 Å². The maximum Gasteiger partial charge on any atom is 0.253 e. The van der Waals surface area contributed by atoms with Crippen molar-refractivity contribution in [2.24, 2.45) is 5.92 Å². The summed E-state index contributed by atoms with van der Waals surface area (Å²) in [4.78, 5) is 13.3. The molecule has 1 aromatic rings. The minimum absolute atomic E-state index is 0.0211. The second-order valence-corrected chi connectivity index (χ2v) is 5.18. The molecule has 0 atom stereocenters. The zero-order valence-electron chi connectivity index (χ0n) is 11.1. The quantitative estimate of drug-likeness (QED) is 0.802. The van der Waals surface area contributed by atoms with Crippen molar-refractivity contribution in [1.29, 1.82) is 0 Å². The van der Waals surface area contributed by atoms with Crippen LogP contribution in [0.15, 0.2) is 18.2 Å². The molecule has 0 aromatic heterocycles. The standard InChI is InChI=1S/C14H21N3O/c1-17(2)14(18)11-6-7-13(12(15)8-11)16-9-10-4-3-5-10/h6-8,10,16H,3-5,9,15H2,1-2H3. The molecule has 0 heterocycles. The van der Waals surface area contributed by atoms with Gasteiger partial charge >= 0.3 is 0 Å². The van der Waals surface area contributed by atoms with Crippen molar-refractivity contribution in [2.75, 3.05) is 31.7 Å². The summed E-state index contributed by atoms with van der Waals surface area (Å²) in [5, 5.41) is 3.36. The van der Waals surface area contributed by atoms with Gasteiger partial charge in [0.05, 0.1) is 11.4 Å². The molecule has 1 aromatic carbocycles. The Balaban J connectivity index is 2.02. The predicted molar refractivity (Wildman–Crippen MR) is 74.7 cm³/mol. The van der Waals surface area contributed by atoms with Gasteiger partial charge < -0.3 is 16.0 Å². The van der Waals surface area contributed by atoms with E-state index < -0.39 is 0 Å². The van der Waals surface area contributed by atoms with Crippen LogP contribution in [0.25, 0.3) is 0 Å². The van der Waals surface area contributed by atoms with Crippen LogP contribution in [0.3, 0.4) is 0 Å². The van der Waals surface area contributed by atoms with Crippen LogP contribution in [-0.4, -0.2) is 31.4 Å². The number of benzene rings is 1. The second kappa shape index (κ2) is 5.29. The van der Waals surface area contributed by atoms with Gasteiger partial charge in [0.2, 0.25) is 0 Å². The summed E-state index contributed by atoms with van der Waals surface area (Å²) in [6.45, 7) is 0.977. The number of hydrogen-bond donors (Lipinski definition) is 2. The summed E-state index contributed by atoms with van der Waals surface area (Å²) in [7, 11) is 3.47. The van der Waals surface area contributed by atoms with Crippen molar-refractivity contribution >= 4 is 17.3 Å². The summed E-state index contributed by atoms with van der Waals surface area (Å²) in [6, 6.07) is 5.46. The maximum absolute atomic E-state index is 11.8. The molecule has 0 unspecified atom stereocenters. The average Bonchev–Trinajstić information content (AvgIpc) is 2.27. The normalized spacial score (nSPS) is 15.0. The number of nitrogen functional groups attached to an aromatic ring is 1. The molecule has 3 N–H and O–H groups in total. The van der Waals surface area contributed by atoms with E-state index in [4.69, 9.17) is 5.73 Å². The van der Waals surface area contributed by atoms with Gasteiger partial charge in [-0.3, -0.25) is 4.79 Å². The molecule has 1 aliphatic rings. The third-order valence-electron chi connectivity index (χ3n) is 3.51. The van der Waals surface area contributed by atoms with Gasteiger partial charge in [0.1, 0.15) is 0 Å². The third kappa shape index (κ3) is 2.75. The Kier molecular flexibility index (Phi) is 3.75. The Bertz CT molecular complexity index is 439. The van der Waals surface area contributed by atoms with Gasteiger partial charge in [-0.25, -0.2) is 0 Å². The van der Waals surface area contributed by atoms with Gasteiger partial charge in [-0.1, -0.05) is 6.42 Å². The van der Waals surface area contributed by atoms with Crippen molar-refractivity contribution in [1.82, 2.24) is 4.90 Å². The largest absolute Gasteiger partial charge is 0.397 e. The number of nitrogens with zero attached hydrogens (tertiary/aromatic N) is 1. The van der Waals surface area contributed by atoms with E-state index in [2.05, 4.69) is 5.32 Å². The lowest BCUT2D eigenvalue weighted by Crippen LogP contribution is -2.23. The van der Waals surface area contributed by atoms with E-state index >= 15 is 0 Å². The predicted octanol–water partition coefficient (Wildman–Crippen LogP) is 2.18. The highest BCUT2D eigenvalue weighted by atomic mass is 16.2. The summed E-state index contributed by atoms with van der Waals surface area (Å²) in [5.74, 6) is 0.764. The first-order chi connectivity index (χ1) is 8.58. The van der Waals surface area contributed by atoms with E-state index in [0.717, 1.165) is 18.2 Å². The van der Waals surface area contributed by atoms with Gasteiger partial charge in [-0.15, -0.1) is 0 Å². The van der Waals surface area contributed by atoms with Crippen molar-refractivity contribution in [3.8, 4) is 0 Å². The fraction of sp³-hybridized carbons (Fsp3) is 0.500. The summed E-state index contributed by atoms with van der Waals surface area (Å²) in [6.07, 6.45) is 3.96. The first-order valence-corrected chi connectivity index (χ1v) is 6.43. The van der Waals surface area contributed by atoms with Crippen LogP contribution < -0.4 is 11.1 Å². The summed E-state index contributed by atoms with van der Waals surface area (Å²) >= 11 is 0. The molecule has 0 bridgehead atoms. The molecule has 18 heavy (non-hydrogen) atoms. The highest BCUT2D eigenvalue weighted by Gasteiger charge is 2.17. The Morgan fingerprint density at radius 2 is 2.17 bits per heavy atom. The Morgan fingerprint density at radius 1 is 1.44 bits per heavy atom. The lowest BCUT2D eigenvalue weighted by Gasteiger charge is -2.26. The molecule has 0 aliphatic heterocycles. The molecule has 0 spiro atoms. The number of amides is 1. The van der Waals surface area contributed by atoms with Crippen molar-refractivity contribution in [2.45, 2.75) is 19.3 Å². The molecular formula is C14H21N3O. The second-order valence-electron chi connectivity index (χ2n) is 5.18. The number of nitrogens with two attached hydrogens (primary N) is 1.